The highest BCUT2D eigenvalue weighted by Crippen LogP contribution is 2.38. The van der Waals surface area contributed by atoms with E-state index < -0.39 is 0 Å². The number of likely N-dealkylation sites (tertiary alicyclic amines) is 1. The first-order chi connectivity index (χ1) is 23.9. The van der Waals surface area contributed by atoms with Gasteiger partial charge in [-0.05, 0) is 96.9 Å². The van der Waals surface area contributed by atoms with Crippen LogP contribution in [0.2, 0.25) is 5.02 Å². The Morgan fingerprint density at radius 2 is 1.65 bits per heavy atom. The number of ether oxygens (including phenoxy) is 2. The maximum Gasteiger partial charge on any atom is 0.220 e. The molecule has 2 aliphatic heterocycles. The normalized spacial score (nSPS) is 16.4. The van der Waals surface area contributed by atoms with Gasteiger partial charge in [0, 0.05) is 53.6 Å². The molecule has 0 spiro atoms. The number of benzene rings is 4. The van der Waals surface area contributed by atoms with Crippen LogP contribution in [0.4, 0.5) is 0 Å². The minimum Gasteiger partial charge on any atom is -0.496 e. The van der Waals surface area contributed by atoms with Gasteiger partial charge in [-0.15, -0.1) is 0 Å². The molecule has 3 heterocycles. The monoisotopic (exact) mass is 677 g/mol. The molecule has 4 aromatic carbocycles. The first-order valence-corrected chi connectivity index (χ1v) is 17.6. The second-order valence-electron chi connectivity index (χ2n) is 13.2. The highest BCUT2D eigenvalue weighted by molar-refractivity contribution is 6.31. The van der Waals surface area contributed by atoms with Gasteiger partial charge in [0.15, 0.2) is 0 Å². The molecule has 0 bridgehead atoms. The Morgan fingerprint density at radius 1 is 0.898 bits per heavy atom. The van der Waals surface area contributed by atoms with Gasteiger partial charge in [-0.25, -0.2) is 0 Å². The van der Waals surface area contributed by atoms with Crippen molar-refractivity contribution in [3.63, 3.8) is 0 Å². The highest BCUT2D eigenvalue weighted by atomic mass is 35.5. The number of halogens is 1. The molecular weight excluding hydrogens is 634 g/mol. The van der Waals surface area contributed by atoms with Crippen molar-refractivity contribution in [2.45, 2.75) is 58.3 Å². The van der Waals surface area contributed by atoms with Crippen LogP contribution in [0.25, 0.3) is 33.2 Å². The number of methoxy groups -OCH3 is 2. The quantitative estimate of drug-likeness (QED) is 0.144. The zero-order chi connectivity index (χ0) is 33.9. The molecule has 7 rings (SSSR count). The van der Waals surface area contributed by atoms with Gasteiger partial charge in [0.1, 0.15) is 11.5 Å². The Kier molecular flexibility index (Phi) is 9.89. The number of aromatic nitrogens is 2. The van der Waals surface area contributed by atoms with Gasteiger partial charge in [-0.3, -0.25) is 14.4 Å². The molecule has 1 unspecified atom stereocenters. The molecule has 0 radical (unpaired) electrons. The first-order valence-electron chi connectivity index (χ1n) is 17.2. The Hall–Kier alpha value is -4.37. The molecule has 1 aromatic heterocycles. The third kappa shape index (κ3) is 7.04. The Bertz CT molecular complexity index is 1980. The van der Waals surface area contributed by atoms with E-state index in [0.29, 0.717) is 19.5 Å². The summed E-state index contributed by atoms with van der Waals surface area (Å²) in [6.45, 7) is 7.23. The number of hydrogen-bond donors (Lipinski definition) is 2. The zero-order valence-corrected chi connectivity index (χ0v) is 29.3. The van der Waals surface area contributed by atoms with E-state index in [4.69, 9.17) is 26.2 Å². The van der Waals surface area contributed by atoms with Crippen molar-refractivity contribution >= 4 is 28.4 Å². The lowest BCUT2D eigenvalue weighted by Gasteiger charge is -2.18. The molecule has 1 amide bonds. The number of carbonyl (C=O) groups excluding carboxylic acids is 1. The van der Waals surface area contributed by atoms with Gasteiger partial charge in [0.05, 0.1) is 32.5 Å². The highest BCUT2D eigenvalue weighted by Gasteiger charge is 2.21. The molecule has 2 fully saturated rings. The van der Waals surface area contributed by atoms with Gasteiger partial charge in [-0.1, -0.05) is 54.1 Å². The summed E-state index contributed by atoms with van der Waals surface area (Å²) in [6.07, 6.45) is 5.94. The van der Waals surface area contributed by atoms with Crippen molar-refractivity contribution in [2.24, 2.45) is 0 Å². The van der Waals surface area contributed by atoms with Crippen LogP contribution in [0, 0.1) is 6.92 Å². The van der Waals surface area contributed by atoms with Crippen molar-refractivity contribution in [1.29, 1.82) is 0 Å². The van der Waals surface area contributed by atoms with Crippen molar-refractivity contribution in [2.75, 3.05) is 33.9 Å². The van der Waals surface area contributed by atoms with E-state index in [1.54, 1.807) is 14.2 Å². The number of hydrogen-bond acceptors (Lipinski definition) is 6. The van der Waals surface area contributed by atoms with Crippen molar-refractivity contribution in [3.8, 4) is 33.8 Å². The molecule has 0 aliphatic carbocycles. The molecule has 2 aliphatic rings. The maximum absolute atomic E-state index is 11.5. The van der Waals surface area contributed by atoms with Gasteiger partial charge < -0.3 is 20.1 Å². The molecule has 2 N–H and O–H groups in total. The van der Waals surface area contributed by atoms with Crippen molar-refractivity contribution < 1.29 is 14.3 Å². The summed E-state index contributed by atoms with van der Waals surface area (Å²) in [5.41, 5.74) is 9.99. The van der Waals surface area contributed by atoms with Gasteiger partial charge in [-0.2, -0.15) is 5.10 Å². The summed E-state index contributed by atoms with van der Waals surface area (Å²) in [6, 6.07) is 23.6. The fourth-order valence-corrected chi connectivity index (χ4v) is 7.63. The van der Waals surface area contributed by atoms with Crippen LogP contribution in [-0.2, 0) is 24.4 Å². The maximum atomic E-state index is 11.5. The van der Waals surface area contributed by atoms with Crippen LogP contribution in [0.5, 0.6) is 11.5 Å². The second-order valence-corrected chi connectivity index (χ2v) is 13.6. The number of fused-ring (bicyclic) bond motifs is 1. The predicted octanol–water partition coefficient (Wildman–Crippen LogP) is 7.36. The lowest BCUT2D eigenvalue weighted by molar-refractivity contribution is -0.119. The van der Waals surface area contributed by atoms with E-state index in [0.717, 1.165) is 99.0 Å². The average Bonchev–Trinajstić information content (AvgIpc) is 3.88. The van der Waals surface area contributed by atoms with Crippen molar-refractivity contribution in [1.82, 2.24) is 25.3 Å². The molecule has 9 heteroatoms. The van der Waals surface area contributed by atoms with Crippen molar-refractivity contribution in [3.05, 3.63) is 100 Å². The zero-order valence-electron chi connectivity index (χ0n) is 28.5. The summed E-state index contributed by atoms with van der Waals surface area (Å²) in [7, 11) is 3.45. The molecule has 8 nitrogen and oxygen atoms in total. The van der Waals surface area contributed by atoms with Gasteiger partial charge in [0.2, 0.25) is 5.91 Å². The van der Waals surface area contributed by atoms with Crippen LogP contribution in [0.1, 0.15) is 47.9 Å². The van der Waals surface area contributed by atoms with Crippen LogP contribution in [-0.4, -0.2) is 60.5 Å². The second kappa shape index (κ2) is 14.6. The molecular formula is C40H44ClN5O3. The minimum atomic E-state index is 0.135. The summed E-state index contributed by atoms with van der Waals surface area (Å²) in [5, 5.41) is 13.2. The molecule has 49 heavy (non-hydrogen) atoms. The minimum absolute atomic E-state index is 0.135. The third-order valence-corrected chi connectivity index (χ3v) is 10.4. The molecule has 254 valence electrons. The number of rotatable bonds is 12. The van der Waals surface area contributed by atoms with E-state index >= 15 is 0 Å². The summed E-state index contributed by atoms with van der Waals surface area (Å²) < 4.78 is 13.7. The fraction of sp³-hybridized carbons (Fsp3) is 0.350. The number of nitrogens with zero attached hydrogens (tertiary/aromatic N) is 3. The van der Waals surface area contributed by atoms with E-state index in [-0.39, 0.29) is 11.9 Å². The summed E-state index contributed by atoms with van der Waals surface area (Å²) >= 11 is 6.88. The Balaban J connectivity index is 1.13. The van der Waals surface area contributed by atoms with Gasteiger partial charge >= 0.3 is 0 Å². The van der Waals surface area contributed by atoms with Crippen LogP contribution < -0.4 is 20.1 Å². The standard InChI is InChI=1S/C40H44ClN5O3/c1-26-32(27-12-13-28(38(19-27)48-2)21-42-22-31-14-15-40(47)44-31)8-6-9-33(26)34-10-7-11-37-35(34)23-43-46(37)25-29-20-39(49-3)30(18-36(29)41)24-45-16-4-5-17-45/h6-13,18-20,23,31,42H,4-5,14-17,21-22,24-25H2,1-3H3,(H,44,47). The predicted molar refractivity (Wildman–Crippen MR) is 196 cm³/mol. The third-order valence-electron chi connectivity index (χ3n) is 10.1. The lowest BCUT2D eigenvalue weighted by Crippen LogP contribution is -2.35. The largest absolute Gasteiger partial charge is 0.496 e. The smallest absolute Gasteiger partial charge is 0.220 e. The molecule has 2 saturated heterocycles. The number of amides is 1. The lowest BCUT2D eigenvalue weighted by atomic mass is 9.91. The summed E-state index contributed by atoms with van der Waals surface area (Å²) in [4.78, 5) is 14.0. The topological polar surface area (TPSA) is 80.7 Å². The van der Waals surface area contributed by atoms with E-state index in [1.165, 1.54) is 18.4 Å². The van der Waals surface area contributed by atoms with E-state index in [9.17, 15) is 4.79 Å². The van der Waals surface area contributed by atoms with Gasteiger partial charge in [0.25, 0.3) is 0 Å². The Labute approximate surface area is 293 Å². The van der Waals surface area contributed by atoms with Crippen LogP contribution in [0.15, 0.2) is 72.9 Å². The summed E-state index contributed by atoms with van der Waals surface area (Å²) in [5.74, 6) is 1.85. The van der Waals surface area contributed by atoms with Crippen LogP contribution >= 0.6 is 11.6 Å². The number of nitrogens with one attached hydrogen (secondary N) is 2. The Morgan fingerprint density at radius 3 is 2.43 bits per heavy atom. The van der Waals surface area contributed by atoms with E-state index in [1.807, 2.05) is 10.9 Å². The van der Waals surface area contributed by atoms with Crippen LogP contribution in [0.3, 0.4) is 0 Å². The first kappa shape index (κ1) is 33.1. The molecule has 5 aromatic rings. The average molecular weight is 678 g/mol. The molecule has 0 saturated carbocycles. The molecule has 1 atom stereocenters. The van der Waals surface area contributed by atoms with E-state index in [2.05, 4.69) is 89.2 Å². The SMILES string of the molecule is COc1cc(-c2cccc(-c3cccc4c3cnn4Cc3cc(OC)c(CN4CCCC4)cc3Cl)c2C)ccc1CNCC1CCC(=O)N1. The fourth-order valence-electron chi connectivity index (χ4n) is 7.39. The number of carbonyl (C=O) groups is 1.